The van der Waals surface area contributed by atoms with Crippen molar-refractivity contribution in [2.24, 2.45) is 0 Å². The van der Waals surface area contributed by atoms with Crippen molar-refractivity contribution in [1.82, 2.24) is 5.32 Å². The van der Waals surface area contributed by atoms with Gasteiger partial charge in [0.05, 0.1) is 24.5 Å². The average molecular weight is 500 g/mol. The Bertz CT molecular complexity index is 1120. The molecule has 0 aromatic heterocycles. The van der Waals surface area contributed by atoms with Crippen molar-refractivity contribution in [2.75, 3.05) is 47.5 Å². The number of nitrogens with one attached hydrogen (secondary N) is 1. The second-order valence-electron chi connectivity index (χ2n) is 8.87. The van der Waals surface area contributed by atoms with E-state index in [1.54, 1.807) is 18.2 Å². The summed E-state index contributed by atoms with van der Waals surface area (Å²) in [5, 5.41) is 2.75. The molecule has 0 bridgehead atoms. The number of para-hydroxylation sites is 1. The molecule has 186 valence electrons. The SMILES string of the molecule is Cc1ccc(C(=O)CCC(=O)NC[C@H]2CN(c3cccc(F)c3N3CCSCC3)C(=O)O2)c(C)c1. The van der Waals surface area contributed by atoms with E-state index in [9.17, 15) is 18.8 Å². The Labute approximate surface area is 209 Å². The summed E-state index contributed by atoms with van der Waals surface area (Å²) in [6, 6.07) is 10.3. The molecular weight excluding hydrogens is 469 g/mol. The maximum Gasteiger partial charge on any atom is 0.414 e. The fourth-order valence-electron chi connectivity index (χ4n) is 4.45. The fraction of sp³-hybridized carbons (Fsp3) is 0.423. The van der Waals surface area contributed by atoms with Crippen LogP contribution in [0.4, 0.5) is 20.6 Å². The molecule has 35 heavy (non-hydrogen) atoms. The molecule has 1 N–H and O–H groups in total. The quantitative estimate of drug-likeness (QED) is 0.551. The zero-order chi connectivity index (χ0) is 24.9. The number of Topliss-reactive ketones (excluding diaryl/α,β-unsaturated/α-hetero) is 1. The van der Waals surface area contributed by atoms with Crippen molar-refractivity contribution in [2.45, 2.75) is 32.8 Å². The minimum Gasteiger partial charge on any atom is -0.442 e. The van der Waals surface area contributed by atoms with Gasteiger partial charge in [0.1, 0.15) is 11.9 Å². The largest absolute Gasteiger partial charge is 0.442 e. The lowest BCUT2D eigenvalue weighted by Crippen LogP contribution is -2.36. The number of rotatable bonds is 8. The van der Waals surface area contributed by atoms with Crippen molar-refractivity contribution in [3.8, 4) is 0 Å². The third kappa shape index (κ3) is 5.96. The first-order valence-electron chi connectivity index (χ1n) is 11.8. The van der Waals surface area contributed by atoms with Crippen LogP contribution in [0.3, 0.4) is 0 Å². The number of hydrogen-bond donors (Lipinski definition) is 1. The molecule has 2 saturated heterocycles. The fourth-order valence-corrected chi connectivity index (χ4v) is 5.35. The maximum absolute atomic E-state index is 14.8. The summed E-state index contributed by atoms with van der Waals surface area (Å²) < 4.78 is 20.2. The van der Waals surface area contributed by atoms with Crippen LogP contribution in [0.15, 0.2) is 36.4 Å². The molecule has 0 radical (unpaired) electrons. The number of carbonyl (C=O) groups is 3. The second kappa shape index (κ2) is 11.1. The van der Waals surface area contributed by atoms with Crippen molar-refractivity contribution >= 4 is 40.9 Å². The molecule has 0 unspecified atom stereocenters. The van der Waals surface area contributed by atoms with Gasteiger partial charge < -0.3 is 15.0 Å². The Balaban J connectivity index is 1.32. The van der Waals surface area contributed by atoms with Gasteiger partial charge in [-0.3, -0.25) is 14.5 Å². The third-order valence-corrected chi connectivity index (χ3v) is 7.19. The highest BCUT2D eigenvalue weighted by molar-refractivity contribution is 7.99. The van der Waals surface area contributed by atoms with Crippen molar-refractivity contribution in [3.05, 3.63) is 58.9 Å². The minimum atomic E-state index is -0.562. The molecule has 4 rings (SSSR count). The lowest BCUT2D eigenvalue weighted by Gasteiger charge is -2.32. The Morgan fingerprint density at radius 2 is 1.91 bits per heavy atom. The molecule has 2 aliphatic rings. The molecular formula is C26H30FN3O4S. The molecule has 7 nitrogen and oxygen atoms in total. The average Bonchev–Trinajstić information content (AvgIpc) is 3.22. The van der Waals surface area contributed by atoms with Crippen molar-refractivity contribution in [3.63, 3.8) is 0 Å². The van der Waals surface area contributed by atoms with Gasteiger partial charge in [-0.1, -0.05) is 29.8 Å². The van der Waals surface area contributed by atoms with Gasteiger partial charge in [0.15, 0.2) is 5.78 Å². The standard InChI is InChI=1S/C26H30FN3O4S/c1-17-6-7-20(18(2)14-17)23(31)8-9-24(32)28-15-19-16-30(26(33)34-19)22-5-3-4-21(27)25(22)29-10-12-35-13-11-29/h3-7,14,19H,8-13,15-16H2,1-2H3,(H,28,32)/t19-/m0/s1. The monoisotopic (exact) mass is 499 g/mol. The predicted octanol–water partition coefficient (Wildman–Crippen LogP) is 4.10. The Morgan fingerprint density at radius 3 is 2.66 bits per heavy atom. The number of anilines is 2. The number of halogens is 1. The first-order valence-corrected chi connectivity index (χ1v) is 13.0. The van der Waals surface area contributed by atoms with Crippen LogP contribution in [-0.2, 0) is 9.53 Å². The van der Waals surface area contributed by atoms with Crippen molar-refractivity contribution < 1.29 is 23.5 Å². The number of ketones is 1. The molecule has 2 aromatic rings. The van der Waals surface area contributed by atoms with E-state index in [1.165, 1.54) is 11.0 Å². The van der Waals surface area contributed by atoms with Crippen LogP contribution in [0.2, 0.25) is 0 Å². The molecule has 2 aromatic carbocycles. The number of benzene rings is 2. The number of hydrogen-bond acceptors (Lipinski definition) is 6. The van der Waals surface area contributed by atoms with Gasteiger partial charge in [-0.05, 0) is 31.5 Å². The minimum absolute atomic E-state index is 0.0531. The summed E-state index contributed by atoms with van der Waals surface area (Å²) >= 11 is 1.82. The summed E-state index contributed by atoms with van der Waals surface area (Å²) in [4.78, 5) is 40.8. The molecule has 2 heterocycles. The van der Waals surface area contributed by atoms with E-state index in [-0.39, 0.29) is 43.4 Å². The van der Waals surface area contributed by atoms with Crippen LogP contribution in [0.1, 0.15) is 34.3 Å². The summed E-state index contributed by atoms with van der Waals surface area (Å²) in [7, 11) is 0. The van der Waals surface area contributed by atoms with E-state index in [2.05, 4.69) is 5.32 Å². The molecule has 9 heteroatoms. The molecule has 2 aliphatic heterocycles. The highest BCUT2D eigenvalue weighted by atomic mass is 32.2. The van der Waals surface area contributed by atoms with E-state index in [1.807, 2.05) is 42.6 Å². The number of carbonyl (C=O) groups excluding carboxylic acids is 3. The van der Waals surface area contributed by atoms with Crippen LogP contribution >= 0.6 is 11.8 Å². The Hall–Kier alpha value is -3.07. The first-order chi connectivity index (χ1) is 16.8. The number of cyclic esters (lactones) is 1. The van der Waals surface area contributed by atoms with Gasteiger partial charge in [-0.2, -0.15) is 11.8 Å². The first kappa shape index (κ1) is 25.0. The van der Waals surface area contributed by atoms with E-state index in [4.69, 9.17) is 4.74 Å². The molecule has 0 aliphatic carbocycles. The van der Waals surface area contributed by atoms with Gasteiger partial charge >= 0.3 is 6.09 Å². The van der Waals surface area contributed by atoms with Crippen molar-refractivity contribution in [1.29, 1.82) is 0 Å². The topological polar surface area (TPSA) is 79.0 Å². The van der Waals surface area contributed by atoms with Crippen LogP contribution < -0.4 is 15.1 Å². The Kier molecular flexibility index (Phi) is 7.95. The van der Waals surface area contributed by atoms with E-state index in [0.29, 0.717) is 30.0 Å². The van der Waals surface area contributed by atoms with Gasteiger partial charge in [0, 0.05) is 43.0 Å². The number of thioether (sulfide) groups is 1. The number of aryl methyl sites for hydroxylation is 2. The normalized spacial score (nSPS) is 17.9. The number of ether oxygens (including phenoxy) is 1. The predicted molar refractivity (Wildman–Crippen MR) is 136 cm³/mol. The molecule has 0 spiro atoms. The van der Waals surface area contributed by atoms with Crippen LogP contribution in [0.5, 0.6) is 0 Å². The summed E-state index contributed by atoms with van der Waals surface area (Å²) in [5.41, 5.74) is 3.50. The number of amides is 2. The summed E-state index contributed by atoms with van der Waals surface area (Å²) in [5.74, 6) is 1.07. The highest BCUT2D eigenvalue weighted by Gasteiger charge is 2.35. The van der Waals surface area contributed by atoms with E-state index in [0.717, 1.165) is 22.6 Å². The lowest BCUT2D eigenvalue weighted by atomic mass is 9.99. The van der Waals surface area contributed by atoms with Gasteiger partial charge in [0.2, 0.25) is 5.91 Å². The number of nitrogens with zero attached hydrogens (tertiary/aromatic N) is 2. The summed E-state index contributed by atoms with van der Waals surface area (Å²) in [6.45, 7) is 5.61. The zero-order valence-electron chi connectivity index (χ0n) is 20.0. The van der Waals surface area contributed by atoms with Gasteiger partial charge in [0.25, 0.3) is 0 Å². The van der Waals surface area contributed by atoms with E-state index >= 15 is 0 Å². The highest BCUT2D eigenvalue weighted by Crippen LogP contribution is 2.35. The molecule has 0 saturated carbocycles. The lowest BCUT2D eigenvalue weighted by molar-refractivity contribution is -0.121. The summed E-state index contributed by atoms with van der Waals surface area (Å²) in [6.07, 6.45) is -0.966. The second-order valence-corrected chi connectivity index (χ2v) is 10.1. The Morgan fingerprint density at radius 1 is 1.14 bits per heavy atom. The molecule has 1 atom stereocenters. The van der Waals surface area contributed by atoms with Crippen LogP contribution in [-0.4, -0.2) is 61.6 Å². The molecule has 2 amide bonds. The van der Waals surface area contributed by atoms with Gasteiger partial charge in [-0.25, -0.2) is 9.18 Å². The van der Waals surface area contributed by atoms with Crippen LogP contribution in [0.25, 0.3) is 0 Å². The van der Waals surface area contributed by atoms with Gasteiger partial charge in [-0.15, -0.1) is 0 Å². The molecule has 2 fully saturated rings. The van der Waals surface area contributed by atoms with Crippen LogP contribution in [0, 0.1) is 19.7 Å². The smallest absolute Gasteiger partial charge is 0.414 e. The third-order valence-electron chi connectivity index (χ3n) is 6.25. The zero-order valence-corrected chi connectivity index (χ0v) is 20.8. The van der Waals surface area contributed by atoms with E-state index < -0.39 is 12.2 Å². The maximum atomic E-state index is 14.8.